The molecule has 0 saturated carbocycles. The Bertz CT molecular complexity index is 1280. The van der Waals surface area contributed by atoms with Crippen LogP contribution in [0.5, 0.6) is 0 Å². The Kier molecular flexibility index (Phi) is 4.94. The normalized spacial score (nSPS) is 11.0. The van der Waals surface area contributed by atoms with Gasteiger partial charge in [0.1, 0.15) is 5.82 Å². The summed E-state index contributed by atoms with van der Waals surface area (Å²) in [5.41, 5.74) is 2.69. The van der Waals surface area contributed by atoms with Gasteiger partial charge in [-0.15, -0.1) is 0 Å². The number of fused-ring (bicyclic) bond motifs is 1. The molecule has 0 aliphatic rings. The lowest BCUT2D eigenvalue weighted by molar-refractivity contribution is 0.0600. The van der Waals surface area contributed by atoms with E-state index in [-0.39, 0.29) is 18.1 Å². The first-order chi connectivity index (χ1) is 14.0. The van der Waals surface area contributed by atoms with Crippen molar-refractivity contribution in [2.24, 2.45) is 0 Å². The van der Waals surface area contributed by atoms with E-state index in [9.17, 15) is 14.0 Å². The van der Waals surface area contributed by atoms with Crippen molar-refractivity contribution in [1.82, 2.24) is 9.13 Å². The highest BCUT2D eigenvalue weighted by atomic mass is 35.5. The number of methoxy groups -OCH3 is 1. The van der Waals surface area contributed by atoms with Crippen molar-refractivity contribution in [1.29, 1.82) is 0 Å². The molecule has 29 heavy (non-hydrogen) atoms. The van der Waals surface area contributed by atoms with Crippen LogP contribution in [-0.2, 0) is 11.3 Å². The van der Waals surface area contributed by atoms with E-state index in [0.717, 1.165) is 5.56 Å². The SMILES string of the molecule is COC(=O)c1cccc(Cn2c(=O)n(-c3ccc(F)cc3)c3cc(Cl)ccc32)c1. The fourth-order valence-electron chi connectivity index (χ4n) is 3.32. The largest absolute Gasteiger partial charge is 0.465 e. The second-order valence-electron chi connectivity index (χ2n) is 6.51. The maximum atomic E-state index is 13.4. The number of ether oxygens (including phenoxy) is 1. The van der Waals surface area contributed by atoms with Crippen LogP contribution in [0.1, 0.15) is 15.9 Å². The number of esters is 1. The summed E-state index contributed by atoms with van der Waals surface area (Å²) in [5, 5.41) is 0.484. The van der Waals surface area contributed by atoms with Gasteiger partial charge in [0.05, 0.1) is 35.9 Å². The van der Waals surface area contributed by atoms with E-state index >= 15 is 0 Å². The highest BCUT2D eigenvalue weighted by Crippen LogP contribution is 2.23. The van der Waals surface area contributed by atoms with E-state index in [1.807, 2.05) is 6.07 Å². The van der Waals surface area contributed by atoms with Gasteiger partial charge >= 0.3 is 11.7 Å². The molecule has 4 aromatic rings. The topological polar surface area (TPSA) is 53.2 Å². The zero-order chi connectivity index (χ0) is 20.5. The number of hydrogen-bond acceptors (Lipinski definition) is 3. The van der Waals surface area contributed by atoms with Crippen molar-refractivity contribution in [2.75, 3.05) is 7.11 Å². The molecule has 0 N–H and O–H groups in total. The minimum absolute atomic E-state index is 0.246. The summed E-state index contributed by atoms with van der Waals surface area (Å²) in [7, 11) is 1.32. The molecular weight excluding hydrogens is 395 g/mol. The Morgan fingerprint density at radius 2 is 1.79 bits per heavy atom. The van der Waals surface area contributed by atoms with Gasteiger partial charge in [-0.2, -0.15) is 0 Å². The number of aromatic nitrogens is 2. The second kappa shape index (κ2) is 7.56. The predicted octanol–water partition coefficient (Wildman–Crippen LogP) is 4.42. The van der Waals surface area contributed by atoms with E-state index in [2.05, 4.69) is 0 Å². The summed E-state index contributed by atoms with van der Waals surface area (Å²) in [4.78, 5) is 25.1. The van der Waals surface area contributed by atoms with Gasteiger partial charge in [-0.05, 0) is 60.2 Å². The fourth-order valence-corrected chi connectivity index (χ4v) is 3.49. The Balaban J connectivity index is 1.88. The number of benzene rings is 3. The number of imidazole rings is 1. The van der Waals surface area contributed by atoms with E-state index in [1.54, 1.807) is 53.1 Å². The third-order valence-corrected chi connectivity index (χ3v) is 4.90. The van der Waals surface area contributed by atoms with E-state index in [4.69, 9.17) is 16.3 Å². The first-order valence-electron chi connectivity index (χ1n) is 8.82. The van der Waals surface area contributed by atoms with Crippen LogP contribution < -0.4 is 5.69 Å². The minimum atomic E-state index is -0.445. The van der Waals surface area contributed by atoms with Crippen molar-refractivity contribution in [2.45, 2.75) is 6.54 Å². The van der Waals surface area contributed by atoms with Crippen molar-refractivity contribution in [3.05, 3.63) is 99.2 Å². The van der Waals surface area contributed by atoms with Crippen molar-refractivity contribution < 1.29 is 13.9 Å². The van der Waals surface area contributed by atoms with Crippen LogP contribution in [0.25, 0.3) is 16.7 Å². The molecule has 1 heterocycles. The van der Waals surface area contributed by atoms with Crippen molar-refractivity contribution in [3.8, 4) is 5.69 Å². The van der Waals surface area contributed by atoms with Crippen LogP contribution in [0.4, 0.5) is 4.39 Å². The van der Waals surface area contributed by atoms with Gasteiger partial charge in [-0.1, -0.05) is 23.7 Å². The minimum Gasteiger partial charge on any atom is -0.465 e. The zero-order valence-electron chi connectivity index (χ0n) is 15.4. The molecule has 146 valence electrons. The average Bonchev–Trinajstić information content (AvgIpc) is 2.99. The maximum absolute atomic E-state index is 13.4. The monoisotopic (exact) mass is 410 g/mol. The van der Waals surface area contributed by atoms with Gasteiger partial charge in [0.25, 0.3) is 0 Å². The highest BCUT2D eigenvalue weighted by Gasteiger charge is 2.16. The lowest BCUT2D eigenvalue weighted by atomic mass is 10.1. The van der Waals surface area contributed by atoms with Gasteiger partial charge in [0.2, 0.25) is 0 Å². The summed E-state index contributed by atoms with van der Waals surface area (Å²) in [6.45, 7) is 0.246. The predicted molar refractivity (Wildman–Crippen MR) is 109 cm³/mol. The van der Waals surface area contributed by atoms with E-state index < -0.39 is 5.97 Å². The van der Waals surface area contributed by atoms with Gasteiger partial charge in [0, 0.05) is 5.02 Å². The van der Waals surface area contributed by atoms with Crippen LogP contribution in [0.15, 0.2) is 71.5 Å². The first-order valence-corrected chi connectivity index (χ1v) is 9.20. The maximum Gasteiger partial charge on any atom is 0.337 e. The Labute approximate surface area is 170 Å². The fraction of sp³-hybridized carbons (Fsp3) is 0.0909. The number of rotatable bonds is 4. The second-order valence-corrected chi connectivity index (χ2v) is 6.94. The smallest absolute Gasteiger partial charge is 0.337 e. The van der Waals surface area contributed by atoms with Crippen molar-refractivity contribution in [3.63, 3.8) is 0 Å². The van der Waals surface area contributed by atoms with Gasteiger partial charge in [-0.25, -0.2) is 14.0 Å². The van der Waals surface area contributed by atoms with E-state index in [1.165, 1.54) is 23.8 Å². The zero-order valence-corrected chi connectivity index (χ0v) is 16.2. The van der Waals surface area contributed by atoms with E-state index in [0.29, 0.717) is 27.3 Å². The molecule has 0 radical (unpaired) electrons. The number of halogens is 2. The molecule has 4 rings (SSSR count). The number of nitrogens with zero attached hydrogens (tertiary/aromatic N) is 2. The summed E-state index contributed by atoms with van der Waals surface area (Å²) < 4.78 is 21.2. The average molecular weight is 411 g/mol. The molecular formula is C22H16ClFN2O3. The molecule has 0 aliphatic carbocycles. The molecule has 0 aliphatic heterocycles. The molecule has 5 nitrogen and oxygen atoms in total. The third-order valence-electron chi connectivity index (χ3n) is 4.66. The quantitative estimate of drug-likeness (QED) is 0.468. The molecule has 0 spiro atoms. The molecule has 1 aromatic heterocycles. The van der Waals surface area contributed by atoms with Gasteiger partial charge in [-0.3, -0.25) is 9.13 Å². The standard InChI is InChI=1S/C22H16ClFN2O3/c1-29-21(27)15-4-2-3-14(11-15)13-25-19-10-5-16(23)12-20(19)26(22(25)28)18-8-6-17(24)7-9-18/h2-12H,13H2,1H3. The Hall–Kier alpha value is -3.38. The first kappa shape index (κ1) is 19.0. The molecule has 0 amide bonds. The number of carbonyl (C=O) groups excluding carboxylic acids is 1. The molecule has 0 unspecified atom stereocenters. The van der Waals surface area contributed by atoms with Crippen LogP contribution in [0, 0.1) is 5.82 Å². The molecule has 0 atom stereocenters. The summed E-state index contributed by atoms with van der Waals surface area (Å²) >= 11 is 6.16. The lowest BCUT2D eigenvalue weighted by Crippen LogP contribution is -2.23. The van der Waals surface area contributed by atoms with Gasteiger partial charge in [0.15, 0.2) is 0 Å². The van der Waals surface area contributed by atoms with Crippen LogP contribution in [0.2, 0.25) is 5.02 Å². The summed E-state index contributed by atoms with van der Waals surface area (Å²) in [5.74, 6) is -0.831. The lowest BCUT2D eigenvalue weighted by Gasteiger charge is -2.06. The molecule has 0 fully saturated rings. The summed E-state index contributed by atoms with van der Waals surface area (Å²) in [6.07, 6.45) is 0. The molecule has 0 bridgehead atoms. The van der Waals surface area contributed by atoms with Crippen LogP contribution in [-0.4, -0.2) is 22.2 Å². The Morgan fingerprint density at radius 3 is 2.52 bits per heavy atom. The number of carbonyl (C=O) groups is 1. The van der Waals surface area contributed by atoms with Crippen molar-refractivity contribution >= 4 is 28.6 Å². The summed E-state index contributed by atoms with van der Waals surface area (Å²) in [6, 6.07) is 17.8. The van der Waals surface area contributed by atoms with Crippen LogP contribution in [0.3, 0.4) is 0 Å². The molecule has 3 aromatic carbocycles. The Morgan fingerprint density at radius 1 is 1.03 bits per heavy atom. The highest BCUT2D eigenvalue weighted by molar-refractivity contribution is 6.31. The number of hydrogen-bond donors (Lipinski definition) is 0. The van der Waals surface area contributed by atoms with Crippen LogP contribution >= 0.6 is 11.6 Å². The molecule has 0 saturated heterocycles. The third kappa shape index (κ3) is 3.54. The van der Waals surface area contributed by atoms with Gasteiger partial charge < -0.3 is 4.74 Å². The molecule has 7 heteroatoms.